The average Bonchev–Trinajstić information content (AvgIpc) is 3.04. The van der Waals surface area contributed by atoms with Gasteiger partial charge in [-0.25, -0.2) is 4.79 Å². The average molecular weight is 402 g/mol. The largest absolute Gasteiger partial charge is 0.491 e. The molecule has 6 nitrogen and oxygen atoms in total. The number of nitrogens with zero attached hydrogens (tertiary/aromatic N) is 2. The van der Waals surface area contributed by atoms with Gasteiger partial charge in [0.25, 0.3) is 0 Å². The van der Waals surface area contributed by atoms with E-state index in [2.05, 4.69) is 9.88 Å². The van der Waals surface area contributed by atoms with Gasteiger partial charge in [-0.3, -0.25) is 4.57 Å². The summed E-state index contributed by atoms with van der Waals surface area (Å²) in [7, 11) is 0. The first-order chi connectivity index (χ1) is 13.6. The molecule has 1 aliphatic heterocycles. The van der Waals surface area contributed by atoms with Crippen LogP contribution in [0.15, 0.2) is 53.3 Å². The number of nitrogens with one attached hydrogen (secondary N) is 1. The number of aromatic nitrogens is 2. The van der Waals surface area contributed by atoms with Gasteiger partial charge in [0.1, 0.15) is 18.5 Å². The molecular formula is C21H24ClN3O3. The van der Waals surface area contributed by atoms with Crippen molar-refractivity contribution >= 4 is 22.6 Å². The van der Waals surface area contributed by atoms with Gasteiger partial charge in [-0.2, -0.15) is 0 Å². The molecule has 0 saturated carbocycles. The lowest BCUT2D eigenvalue weighted by molar-refractivity contribution is 0.0559. The molecule has 1 fully saturated rings. The van der Waals surface area contributed by atoms with Crippen molar-refractivity contribution < 1.29 is 9.84 Å². The number of aliphatic hydroxyl groups is 1. The summed E-state index contributed by atoms with van der Waals surface area (Å²) in [5, 5.41) is 11.0. The third-order valence-corrected chi connectivity index (χ3v) is 5.52. The lowest BCUT2D eigenvalue weighted by Gasteiger charge is -2.33. The maximum Gasteiger partial charge on any atom is 0.326 e. The van der Waals surface area contributed by atoms with Gasteiger partial charge in [0.05, 0.1) is 11.0 Å². The monoisotopic (exact) mass is 401 g/mol. The molecule has 1 unspecified atom stereocenters. The Labute approximate surface area is 168 Å². The number of aliphatic hydroxyl groups excluding tert-OH is 1. The zero-order valence-corrected chi connectivity index (χ0v) is 16.3. The number of H-pyrrole nitrogens is 1. The van der Waals surface area contributed by atoms with Crippen LogP contribution in [0.3, 0.4) is 0 Å². The summed E-state index contributed by atoms with van der Waals surface area (Å²) in [6.45, 7) is 2.48. The molecule has 1 saturated heterocycles. The number of imidazole rings is 1. The van der Waals surface area contributed by atoms with E-state index in [9.17, 15) is 9.90 Å². The number of halogens is 1. The zero-order chi connectivity index (χ0) is 19.5. The third kappa shape index (κ3) is 4.24. The normalized spacial score (nSPS) is 17.1. The van der Waals surface area contributed by atoms with Crippen LogP contribution in [0.1, 0.15) is 18.9 Å². The standard InChI is InChI=1S/C21H24ClN3O3/c22-15-5-7-18(8-6-15)28-14-17(26)13-24-11-9-16(10-12-24)25-20-4-2-1-3-19(20)23-21(25)27/h1-8,16-17,26H,9-14H2,(H,23,27). The van der Waals surface area contributed by atoms with Crippen LogP contribution in [0.25, 0.3) is 11.0 Å². The number of benzene rings is 2. The first-order valence-corrected chi connectivity index (χ1v) is 9.96. The van der Waals surface area contributed by atoms with E-state index in [1.807, 2.05) is 28.8 Å². The second kappa shape index (κ2) is 8.39. The van der Waals surface area contributed by atoms with E-state index in [1.54, 1.807) is 24.3 Å². The number of hydrogen-bond donors (Lipinski definition) is 2. The fourth-order valence-corrected chi connectivity index (χ4v) is 4.00. The first-order valence-electron chi connectivity index (χ1n) is 9.58. The van der Waals surface area contributed by atoms with Crippen molar-refractivity contribution in [2.75, 3.05) is 26.2 Å². The molecule has 1 atom stereocenters. The molecule has 0 radical (unpaired) electrons. The Morgan fingerprint density at radius 3 is 2.61 bits per heavy atom. The molecule has 0 spiro atoms. The highest BCUT2D eigenvalue weighted by atomic mass is 35.5. The smallest absolute Gasteiger partial charge is 0.326 e. The van der Waals surface area contributed by atoms with Crippen LogP contribution in [-0.2, 0) is 0 Å². The number of β-amino-alcohol motifs (C(OH)–C–C–N with tert-alkyl or cyclic N) is 1. The summed E-state index contributed by atoms with van der Waals surface area (Å²) >= 11 is 5.86. The molecule has 2 aromatic carbocycles. The number of fused-ring (bicyclic) bond motifs is 1. The van der Waals surface area contributed by atoms with Gasteiger partial charge in [-0.05, 0) is 49.2 Å². The fraction of sp³-hybridized carbons (Fsp3) is 0.381. The van der Waals surface area contributed by atoms with Gasteiger partial charge in [-0.1, -0.05) is 23.7 Å². The molecule has 28 heavy (non-hydrogen) atoms. The van der Waals surface area contributed by atoms with E-state index in [4.69, 9.17) is 16.3 Å². The van der Waals surface area contributed by atoms with Crippen molar-refractivity contribution in [2.45, 2.75) is 25.0 Å². The van der Waals surface area contributed by atoms with Gasteiger partial charge in [0, 0.05) is 30.7 Å². The molecule has 2 N–H and O–H groups in total. The lowest BCUT2D eigenvalue weighted by Crippen LogP contribution is -2.42. The van der Waals surface area contributed by atoms with Crippen molar-refractivity contribution in [3.05, 3.63) is 64.0 Å². The molecule has 4 rings (SSSR count). The molecule has 1 aliphatic rings. The third-order valence-electron chi connectivity index (χ3n) is 5.27. The number of para-hydroxylation sites is 2. The van der Waals surface area contributed by atoms with Crippen molar-refractivity contribution in [1.29, 1.82) is 0 Å². The highest BCUT2D eigenvalue weighted by Crippen LogP contribution is 2.25. The number of hydrogen-bond acceptors (Lipinski definition) is 4. The van der Waals surface area contributed by atoms with Gasteiger partial charge >= 0.3 is 5.69 Å². The van der Waals surface area contributed by atoms with E-state index < -0.39 is 6.10 Å². The Bertz CT molecular complexity index is 974. The molecule has 0 amide bonds. The number of rotatable bonds is 6. The highest BCUT2D eigenvalue weighted by Gasteiger charge is 2.24. The summed E-state index contributed by atoms with van der Waals surface area (Å²) in [5.74, 6) is 0.695. The predicted octanol–water partition coefficient (Wildman–Crippen LogP) is 3.06. The summed E-state index contributed by atoms with van der Waals surface area (Å²) < 4.78 is 7.51. The van der Waals surface area contributed by atoms with Crippen molar-refractivity contribution in [1.82, 2.24) is 14.5 Å². The molecule has 0 aliphatic carbocycles. The number of aromatic amines is 1. The second-order valence-electron chi connectivity index (χ2n) is 7.27. The van der Waals surface area contributed by atoms with Gasteiger partial charge in [-0.15, -0.1) is 0 Å². The van der Waals surface area contributed by atoms with Crippen molar-refractivity contribution in [3.8, 4) is 5.75 Å². The predicted molar refractivity (Wildman–Crippen MR) is 110 cm³/mol. The molecule has 3 aromatic rings. The van der Waals surface area contributed by atoms with Gasteiger partial charge in [0.15, 0.2) is 0 Å². The van der Waals surface area contributed by atoms with Crippen molar-refractivity contribution in [2.24, 2.45) is 0 Å². The van der Waals surface area contributed by atoms with Crippen LogP contribution in [0, 0.1) is 0 Å². The van der Waals surface area contributed by atoms with Crippen LogP contribution >= 0.6 is 11.6 Å². The fourth-order valence-electron chi connectivity index (χ4n) is 3.87. The van der Waals surface area contributed by atoms with E-state index in [0.29, 0.717) is 17.3 Å². The molecule has 148 valence electrons. The zero-order valence-electron chi connectivity index (χ0n) is 15.6. The topological polar surface area (TPSA) is 70.5 Å². The Morgan fingerprint density at radius 1 is 1.14 bits per heavy atom. The highest BCUT2D eigenvalue weighted by molar-refractivity contribution is 6.30. The molecule has 7 heteroatoms. The minimum absolute atomic E-state index is 0.0453. The van der Waals surface area contributed by atoms with E-state index >= 15 is 0 Å². The summed E-state index contributed by atoms with van der Waals surface area (Å²) in [6.07, 6.45) is 1.20. The van der Waals surface area contributed by atoms with E-state index in [-0.39, 0.29) is 18.3 Å². The quantitative estimate of drug-likeness (QED) is 0.666. The van der Waals surface area contributed by atoms with Crippen molar-refractivity contribution in [3.63, 3.8) is 0 Å². The van der Waals surface area contributed by atoms with E-state index in [0.717, 1.165) is 37.0 Å². The molecule has 0 bridgehead atoms. The Morgan fingerprint density at radius 2 is 1.86 bits per heavy atom. The lowest BCUT2D eigenvalue weighted by atomic mass is 10.0. The SMILES string of the molecule is O=c1[nH]c2ccccc2n1C1CCN(CC(O)COc2ccc(Cl)cc2)CC1. The molecule has 1 aromatic heterocycles. The Hall–Kier alpha value is -2.28. The number of likely N-dealkylation sites (tertiary alicyclic amines) is 1. The summed E-state index contributed by atoms with van der Waals surface area (Å²) in [5.41, 5.74) is 1.79. The van der Waals surface area contributed by atoms with Crippen LogP contribution in [-0.4, -0.2) is 51.9 Å². The maximum atomic E-state index is 12.4. The summed E-state index contributed by atoms with van der Waals surface area (Å²) in [4.78, 5) is 17.5. The van der Waals surface area contributed by atoms with Crippen LogP contribution in [0.5, 0.6) is 5.75 Å². The van der Waals surface area contributed by atoms with E-state index in [1.165, 1.54) is 0 Å². The van der Waals surface area contributed by atoms with Crippen LogP contribution < -0.4 is 10.4 Å². The first kappa shape index (κ1) is 19.1. The Balaban J connectivity index is 1.29. The minimum atomic E-state index is -0.567. The van der Waals surface area contributed by atoms with Gasteiger partial charge < -0.3 is 19.7 Å². The molecular weight excluding hydrogens is 378 g/mol. The minimum Gasteiger partial charge on any atom is -0.491 e. The maximum absolute atomic E-state index is 12.4. The van der Waals surface area contributed by atoms with Gasteiger partial charge in [0.2, 0.25) is 0 Å². The summed E-state index contributed by atoms with van der Waals surface area (Å²) in [6, 6.07) is 15.1. The number of ether oxygens (including phenoxy) is 1. The molecule has 2 heterocycles. The second-order valence-corrected chi connectivity index (χ2v) is 7.70. The Kier molecular flexibility index (Phi) is 5.71. The van der Waals surface area contributed by atoms with Crippen LogP contribution in [0.4, 0.5) is 0 Å². The number of piperidine rings is 1. The van der Waals surface area contributed by atoms with Crippen LogP contribution in [0.2, 0.25) is 5.02 Å².